The van der Waals surface area contributed by atoms with Crippen LogP contribution < -0.4 is 4.72 Å². The van der Waals surface area contributed by atoms with Crippen LogP contribution in [-0.2, 0) is 19.6 Å². The van der Waals surface area contributed by atoms with Crippen LogP contribution in [0.15, 0.2) is 47.4 Å². The summed E-state index contributed by atoms with van der Waals surface area (Å²) >= 11 is 6.15. The first-order valence-corrected chi connectivity index (χ1v) is 13.3. The van der Waals surface area contributed by atoms with Gasteiger partial charge in [-0.05, 0) is 98.7 Å². The van der Waals surface area contributed by atoms with Gasteiger partial charge in [0.25, 0.3) is 10.0 Å². The van der Waals surface area contributed by atoms with Crippen LogP contribution in [-0.4, -0.2) is 26.8 Å². The Balaban J connectivity index is 1.28. The van der Waals surface area contributed by atoms with Gasteiger partial charge >= 0.3 is 5.97 Å². The molecule has 4 aliphatic rings. The third kappa shape index (κ3) is 4.45. The predicted octanol–water partition coefficient (Wildman–Crippen LogP) is 5.22. The van der Waals surface area contributed by atoms with Crippen molar-refractivity contribution in [1.29, 1.82) is 0 Å². The zero-order valence-electron chi connectivity index (χ0n) is 18.4. The second-order valence-corrected chi connectivity index (χ2v) is 12.0. The van der Waals surface area contributed by atoms with Crippen molar-refractivity contribution in [2.24, 2.45) is 23.2 Å². The highest BCUT2D eigenvalue weighted by Gasteiger charge is 2.54. The van der Waals surface area contributed by atoms with Gasteiger partial charge in [0.05, 0.1) is 15.5 Å². The lowest BCUT2D eigenvalue weighted by Crippen LogP contribution is -2.51. The van der Waals surface area contributed by atoms with Crippen molar-refractivity contribution < 1.29 is 27.1 Å². The molecule has 180 valence electrons. The van der Waals surface area contributed by atoms with Gasteiger partial charge in [0.2, 0.25) is 0 Å². The third-order valence-electron chi connectivity index (χ3n) is 7.53. The van der Waals surface area contributed by atoms with Crippen molar-refractivity contribution in [1.82, 2.24) is 0 Å². The minimum Gasteiger partial charge on any atom is -0.454 e. The molecule has 0 heterocycles. The Kier molecular flexibility index (Phi) is 5.92. The maximum absolute atomic E-state index is 13.1. The highest BCUT2D eigenvalue weighted by Crippen LogP contribution is 2.60. The second kappa shape index (κ2) is 8.64. The summed E-state index contributed by atoms with van der Waals surface area (Å²) in [4.78, 5) is 25.7. The van der Waals surface area contributed by atoms with E-state index in [4.69, 9.17) is 16.3 Å². The zero-order valence-corrected chi connectivity index (χ0v) is 20.0. The second-order valence-electron chi connectivity index (χ2n) is 9.95. The van der Waals surface area contributed by atoms with Gasteiger partial charge in [0.1, 0.15) is 5.82 Å². The summed E-state index contributed by atoms with van der Waals surface area (Å²) in [6.45, 7) is -0.341. The quantitative estimate of drug-likeness (QED) is 0.521. The first-order chi connectivity index (χ1) is 16.1. The van der Waals surface area contributed by atoms with E-state index in [-0.39, 0.29) is 39.0 Å². The van der Waals surface area contributed by atoms with E-state index < -0.39 is 21.8 Å². The molecule has 6 rings (SSSR count). The smallest absolute Gasteiger partial charge is 0.340 e. The number of carbonyl (C=O) groups is 2. The number of Topliss-reactive ketones (excluding diaryl/α,β-unsaturated/α-hetero) is 1. The number of hydrogen-bond acceptors (Lipinski definition) is 5. The number of hydrogen-bond donors (Lipinski definition) is 1. The van der Waals surface area contributed by atoms with Crippen molar-refractivity contribution in [3.63, 3.8) is 0 Å². The average molecular weight is 506 g/mol. The Hall–Kier alpha value is -2.45. The summed E-state index contributed by atoms with van der Waals surface area (Å²) in [5.74, 6) is 0.393. The van der Waals surface area contributed by atoms with Gasteiger partial charge in [-0.15, -0.1) is 0 Å². The van der Waals surface area contributed by atoms with Gasteiger partial charge in [-0.3, -0.25) is 9.52 Å². The highest BCUT2D eigenvalue weighted by atomic mass is 35.5. The van der Waals surface area contributed by atoms with E-state index >= 15 is 0 Å². The predicted molar refractivity (Wildman–Crippen MR) is 125 cm³/mol. The van der Waals surface area contributed by atoms with E-state index in [2.05, 4.69) is 4.72 Å². The summed E-state index contributed by atoms with van der Waals surface area (Å²) in [5, 5.41) is 0.0213. The van der Waals surface area contributed by atoms with Crippen molar-refractivity contribution in [2.75, 3.05) is 11.3 Å². The van der Waals surface area contributed by atoms with Crippen molar-refractivity contribution in [3.05, 3.63) is 58.9 Å². The molecule has 4 fully saturated rings. The standard InChI is InChI=1S/C25H25ClFNO5S/c26-22-6-5-20(34(31,32)28-19-3-1-18(27)2-4-19)10-21(22)24(30)33-14-23(29)25-11-15-7-16(12-25)9-17(8-15)13-25/h1-6,10,15-17,28H,7-9,11-14H2. The number of nitrogens with one attached hydrogen (secondary N) is 1. The summed E-state index contributed by atoms with van der Waals surface area (Å²) in [7, 11) is -4.07. The number of sulfonamides is 1. The number of esters is 1. The molecular weight excluding hydrogens is 481 g/mol. The molecule has 0 atom stereocenters. The Morgan fingerprint density at radius 1 is 1.00 bits per heavy atom. The van der Waals surface area contributed by atoms with E-state index in [1.807, 2.05) is 0 Å². The molecule has 0 unspecified atom stereocenters. The topological polar surface area (TPSA) is 89.5 Å². The van der Waals surface area contributed by atoms with E-state index in [0.717, 1.165) is 37.5 Å². The normalized spacial score (nSPS) is 27.4. The van der Waals surface area contributed by atoms with Gasteiger partial charge < -0.3 is 4.74 Å². The van der Waals surface area contributed by atoms with Gasteiger partial charge in [-0.2, -0.15) is 0 Å². The van der Waals surface area contributed by atoms with Crippen LogP contribution in [0.25, 0.3) is 0 Å². The fourth-order valence-electron chi connectivity index (χ4n) is 6.37. The number of anilines is 1. The summed E-state index contributed by atoms with van der Waals surface area (Å²) in [6.07, 6.45) is 6.23. The van der Waals surface area contributed by atoms with Gasteiger partial charge in [-0.25, -0.2) is 17.6 Å². The first kappa shape index (κ1) is 23.3. The Morgan fingerprint density at radius 2 is 1.59 bits per heavy atom. The molecule has 0 aromatic heterocycles. The molecule has 2 aromatic carbocycles. The summed E-state index contributed by atoms with van der Waals surface area (Å²) < 4.78 is 46.2. The van der Waals surface area contributed by atoms with Crippen LogP contribution in [0.5, 0.6) is 0 Å². The fourth-order valence-corrected chi connectivity index (χ4v) is 7.65. The number of benzene rings is 2. The molecule has 1 N–H and O–H groups in total. The minimum atomic E-state index is -4.07. The van der Waals surface area contributed by atoms with Crippen LogP contribution in [0.1, 0.15) is 48.9 Å². The third-order valence-corrected chi connectivity index (χ3v) is 9.24. The molecule has 2 aromatic rings. The average Bonchev–Trinajstić information content (AvgIpc) is 2.78. The zero-order chi connectivity index (χ0) is 24.1. The molecule has 0 radical (unpaired) electrons. The lowest BCUT2D eigenvalue weighted by Gasteiger charge is -2.55. The SMILES string of the molecule is O=C(OCC(=O)C12CC3CC(CC(C3)C1)C2)c1cc(S(=O)(=O)Nc2ccc(F)cc2)ccc1Cl. The lowest BCUT2D eigenvalue weighted by molar-refractivity contribution is -0.147. The number of rotatable bonds is 7. The maximum atomic E-state index is 13.1. The summed E-state index contributed by atoms with van der Waals surface area (Å²) in [6, 6.07) is 8.49. The Bertz CT molecular complexity index is 1210. The molecular formula is C25H25ClFNO5S. The molecule has 4 bridgehead atoms. The van der Waals surface area contributed by atoms with Crippen molar-refractivity contribution in [2.45, 2.75) is 43.4 Å². The molecule has 0 amide bonds. The monoisotopic (exact) mass is 505 g/mol. The summed E-state index contributed by atoms with van der Waals surface area (Å²) in [5.41, 5.74) is -0.355. The molecule has 0 saturated heterocycles. The van der Waals surface area contributed by atoms with Crippen molar-refractivity contribution in [3.8, 4) is 0 Å². The van der Waals surface area contributed by atoms with Gasteiger partial charge in [-0.1, -0.05) is 11.6 Å². The van der Waals surface area contributed by atoms with Gasteiger partial charge in [0.15, 0.2) is 12.4 Å². The number of carbonyl (C=O) groups excluding carboxylic acids is 2. The number of ketones is 1. The molecule has 6 nitrogen and oxygen atoms in total. The minimum absolute atomic E-state index is 0.0213. The largest absolute Gasteiger partial charge is 0.454 e. The lowest BCUT2D eigenvalue weighted by atomic mass is 9.48. The van der Waals surface area contributed by atoms with E-state index in [9.17, 15) is 22.4 Å². The first-order valence-electron chi connectivity index (χ1n) is 11.4. The molecule has 0 spiro atoms. The van der Waals surface area contributed by atoms with Crippen LogP contribution in [0, 0.1) is 29.0 Å². The van der Waals surface area contributed by atoms with Crippen LogP contribution >= 0.6 is 11.6 Å². The Morgan fingerprint density at radius 3 is 2.18 bits per heavy atom. The molecule has 9 heteroatoms. The Labute approximate surface area is 202 Å². The molecule has 4 aliphatic carbocycles. The van der Waals surface area contributed by atoms with Crippen LogP contribution in [0.2, 0.25) is 5.02 Å². The maximum Gasteiger partial charge on any atom is 0.340 e. The fraction of sp³-hybridized carbons (Fsp3) is 0.440. The van der Waals surface area contributed by atoms with E-state index in [1.54, 1.807) is 0 Å². The van der Waals surface area contributed by atoms with Crippen molar-refractivity contribution >= 4 is 39.1 Å². The number of halogens is 2. The molecule has 34 heavy (non-hydrogen) atoms. The van der Waals surface area contributed by atoms with Crippen LogP contribution in [0.4, 0.5) is 10.1 Å². The highest BCUT2D eigenvalue weighted by molar-refractivity contribution is 7.92. The van der Waals surface area contributed by atoms with Gasteiger partial charge in [0, 0.05) is 11.1 Å². The molecule has 0 aliphatic heterocycles. The number of ether oxygens (including phenoxy) is 1. The van der Waals surface area contributed by atoms with E-state index in [0.29, 0.717) is 17.8 Å². The van der Waals surface area contributed by atoms with E-state index in [1.165, 1.54) is 43.5 Å². The molecule has 4 saturated carbocycles. The van der Waals surface area contributed by atoms with Crippen LogP contribution in [0.3, 0.4) is 0 Å².